The first-order valence-electron chi connectivity index (χ1n) is 14.7. The Kier molecular flexibility index (Phi) is 23.1. The maximum atomic E-state index is 11.6. The van der Waals surface area contributed by atoms with E-state index in [4.69, 9.17) is 14.6 Å². The molecule has 0 unspecified atom stereocenters. The molecule has 47 heavy (non-hydrogen) atoms. The Morgan fingerprint density at radius 3 is 1.40 bits per heavy atom. The number of aliphatic carboxylic acids is 1. The van der Waals surface area contributed by atoms with Crippen molar-refractivity contribution in [1.29, 1.82) is 0 Å². The van der Waals surface area contributed by atoms with Gasteiger partial charge in [-0.1, -0.05) is 23.5 Å². The molecule has 0 aromatic rings. The van der Waals surface area contributed by atoms with Gasteiger partial charge in [-0.2, -0.15) is 0 Å². The standard InChI is InChI=1S/C15H21NO7S.C11H18O5S.C4H8O2/c1-15(2,3)22-12(19)8-9-24-14(21)7-6-13(20)23-16-10(17)4-5-11(16)18;1-11(2,3)16-9(14)6-7-17-10(15)5-4-8(12)13;1-3-6-4(2)5/h4-9H2,1-3H3;4-7H2,1-3H3,(H,12,13);3H2,1-2H3. The van der Waals surface area contributed by atoms with E-state index in [0.29, 0.717) is 17.4 Å². The van der Waals surface area contributed by atoms with E-state index < -0.39 is 40.9 Å². The van der Waals surface area contributed by atoms with Gasteiger partial charge in [0.05, 0.1) is 32.3 Å². The zero-order valence-electron chi connectivity index (χ0n) is 28.3. The maximum absolute atomic E-state index is 11.6. The molecule has 1 fully saturated rings. The van der Waals surface area contributed by atoms with Crippen LogP contribution >= 0.6 is 23.5 Å². The van der Waals surface area contributed by atoms with Crippen LogP contribution in [0.15, 0.2) is 0 Å². The lowest BCUT2D eigenvalue weighted by Crippen LogP contribution is -2.32. The summed E-state index contributed by atoms with van der Waals surface area (Å²) in [4.78, 5) is 104. The third-order valence-corrected chi connectivity index (χ3v) is 6.47. The van der Waals surface area contributed by atoms with E-state index >= 15 is 0 Å². The molecule has 2 amide bonds. The second-order valence-corrected chi connectivity index (χ2v) is 13.8. The quantitative estimate of drug-likeness (QED) is 0.154. The monoisotopic (exact) mass is 709 g/mol. The molecule has 1 heterocycles. The number of carboxylic acids is 1. The van der Waals surface area contributed by atoms with Gasteiger partial charge in [0.2, 0.25) is 0 Å². The van der Waals surface area contributed by atoms with E-state index in [2.05, 4.69) is 9.57 Å². The predicted octanol–water partition coefficient (Wildman–Crippen LogP) is 3.78. The van der Waals surface area contributed by atoms with E-state index in [1.54, 1.807) is 48.5 Å². The molecule has 0 spiro atoms. The van der Waals surface area contributed by atoms with Crippen LogP contribution in [-0.2, 0) is 62.2 Å². The van der Waals surface area contributed by atoms with Crippen molar-refractivity contribution in [3.05, 3.63) is 0 Å². The average molecular weight is 710 g/mol. The number of esters is 3. The number of hydroxylamine groups is 2. The van der Waals surface area contributed by atoms with Crippen molar-refractivity contribution in [2.24, 2.45) is 0 Å². The summed E-state index contributed by atoms with van der Waals surface area (Å²) in [5, 5.41) is 8.32. The lowest BCUT2D eigenvalue weighted by atomic mass is 10.2. The molecule has 0 bridgehead atoms. The number of hydrogen-bond acceptors (Lipinski definition) is 15. The van der Waals surface area contributed by atoms with Crippen molar-refractivity contribution in [2.75, 3.05) is 18.1 Å². The first kappa shape index (κ1) is 45.7. The number of imide groups is 1. The molecular formula is C30H47NO14S2. The topological polar surface area (TPSA) is 214 Å². The van der Waals surface area contributed by atoms with Gasteiger partial charge in [0.25, 0.3) is 11.8 Å². The minimum atomic E-state index is -0.994. The fourth-order valence-corrected chi connectivity index (χ4v) is 4.33. The van der Waals surface area contributed by atoms with E-state index in [-0.39, 0.29) is 79.3 Å². The zero-order valence-corrected chi connectivity index (χ0v) is 29.9. The highest BCUT2D eigenvalue weighted by molar-refractivity contribution is 8.13. The number of amides is 2. The van der Waals surface area contributed by atoms with Crippen molar-refractivity contribution in [1.82, 2.24) is 5.06 Å². The minimum Gasteiger partial charge on any atom is -0.481 e. The number of carbonyl (C=O) groups excluding carboxylic acids is 8. The van der Waals surface area contributed by atoms with Crippen molar-refractivity contribution in [3.63, 3.8) is 0 Å². The van der Waals surface area contributed by atoms with Gasteiger partial charge < -0.3 is 24.2 Å². The molecule has 0 atom stereocenters. The van der Waals surface area contributed by atoms with Gasteiger partial charge in [-0.15, -0.1) is 5.06 Å². The molecule has 0 aromatic heterocycles. The van der Waals surface area contributed by atoms with E-state index in [1.165, 1.54) is 6.92 Å². The number of hydrogen-bond donors (Lipinski definition) is 1. The molecule has 0 aromatic carbocycles. The average Bonchev–Trinajstić information content (AvgIpc) is 3.21. The Morgan fingerprint density at radius 2 is 1.09 bits per heavy atom. The van der Waals surface area contributed by atoms with Crippen LogP contribution in [0.5, 0.6) is 0 Å². The molecule has 0 saturated carbocycles. The summed E-state index contributed by atoms with van der Waals surface area (Å²) in [5.41, 5.74) is -1.09. The molecule has 1 saturated heterocycles. The smallest absolute Gasteiger partial charge is 0.333 e. The van der Waals surface area contributed by atoms with E-state index in [9.17, 15) is 43.2 Å². The lowest BCUT2D eigenvalue weighted by molar-refractivity contribution is -0.197. The van der Waals surface area contributed by atoms with Gasteiger partial charge in [0, 0.05) is 44.1 Å². The van der Waals surface area contributed by atoms with Gasteiger partial charge in [-0.3, -0.25) is 38.4 Å². The van der Waals surface area contributed by atoms with Gasteiger partial charge in [-0.05, 0) is 48.5 Å². The number of rotatable bonds is 14. The number of nitrogens with zero attached hydrogens (tertiary/aromatic N) is 1. The van der Waals surface area contributed by atoms with Crippen molar-refractivity contribution < 1.29 is 67.3 Å². The number of thioether (sulfide) groups is 2. The van der Waals surface area contributed by atoms with Crippen LogP contribution in [0.2, 0.25) is 0 Å². The first-order chi connectivity index (χ1) is 21.6. The van der Waals surface area contributed by atoms with Crippen LogP contribution in [0.4, 0.5) is 0 Å². The van der Waals surface area contributed by atoms with Crippen molar-refractivity contribution >= 4 is 75.4 Å². The fourth-order valence-electron chi connectivity index (χ4n) is 2.85. The predicted molar refractivity (Wildman–Crippen MR) is 171 cm³/mol. The van der Waals surface area contributed by atoms with Crippen LogP contribution in [0.3, 0.4) is 0 Å². The highest BCUT2D eigenvalue weighted by Gasteiger charge is 2.32. The molecule has 1 aliphatic rings. The SMILES string of the molecule is CC(C)(C)OC(=O)CCSC(=O)CCC(=O)O.CC(C)(C)OC(=O)CCSC(=O)CCC(=O)ON1C(=O)CCC1=O.CCOC(C)=O. The molecule has 0 radical (unpaired) electrons. The Morgan fingerprint density at radius 1 is 0.681 bits per heavy atom. The highest BCUT2D eigenvalue weighted by Crippen LogP contribution is 2.16. The Balaban J connectivity index is 0. The van der Waals surface area contributed by atoms with Crippen LogP contribution < -0.4 is 0 Å². The Labute approximate surface area is 283 Å². The fraction of sp³-hybridized carbons (Fsp3) is 0.700. The molecule has 268 valence electrons. The third kappa shape index (κ3) is 29.7. The van der Waals surface area contributed by atoms with Crippen molar-refractivity contribution in [3.8, 4) is 0 Å². The van der Waals surface area contributed by atoms with E-state index in [1.807, 2.05) is 0 Å². The van der Waals surface area contributed by atoms with Gasteiger partial charge in [0.15, 0.2) is 10.2 Å². The number of carboxylic acid groups (broad SMARTS) is 1. The maximum Gasteiger partial charge on any atom is 0.333 e. The molecule has 1 aliphatic heterocycles. The highest BCUT2D eigenvalue weighted by atomic mass is 32.2. The summed E-state index contributed by atoms with van der Waals surface area (Å²) in [7, 11) is 0. The summed E-state index contributed by atoms with van der Waals surface area (Å²) in [6.07, 6.45) is -0.233. The number of carbonyl (C=O) groups is 9. The molecular weight excluding hydrogens is 662 g/mol. The van der Waals surface area contributed by atoms with Gasteiger partial charge in [0.1, 0.15) is 11.2 Å². The minimum absolute atomic E-state index is 0.00564. The van der Waals surface area contributed by atoms with Crippen LogP contribution in [0.1, 0.15) is 107 Å². The molecule has 1 rings (SSSR count). The van der Waals surface area contributed by atoms with Gasteiger partial charge in [-0.25, -0.2) is 4.79 Å². The normalized spacial score (nSPS) is 12.5. The summed E-state index contributed by atoms with van der Waals surface area (Å²) in [6.45, 7) is 14.2. The van der Waals surface area contributed by atoms with Crippen LogP contribution in [0.25, 0.3) is 0 Å². The summed E-state index contributed by atoms with van der Waals surface area (Å²) < 4.78 is 14.6. The zero-order chi connectivity index (χ0) is 36.8. The van der Waals surface area contributed by atoms with E-state index in [0.717, 1.165) is 23.5 Å². The lowest BCUT2D eigenvalue weighted by Gasteiger charge is -2.19. The van der Waals surface area contributed by atoms with Crippen molar-refractivity contribution in [2.45, 2.75) is 118 Å². The largest absolute Gasteiger partial charge is 0.481 e. The summed E-state index contributed by atoms with van der Waals surface area (Å²) in [5.74, 6) is -3.32. The summed E-state index contributed by atoms with van der Waals surface area (Å²) in [6, 6.07) is 0. The third-order valence-electron chi connectivity index (χ3n) is 4.60. The summed E-state index contributed by atoms with van der Waals surface area (Å²) >= 11 is 1.89. The molecule has 17 heteroatoms. The van der Waals surface area contributed by atoms with Gasteiger partial charge >= 0.3 is 29.8 Å². The molecule has 0 aliphatic carbocycles. The second-order valence-electron chi connectivity index (χ2n) is 11.5. The molecule has 1 N–H and O–H groups in total. The molecule has 15 nitrogen and oxygen atoms in total. The van der Waals surface area contributed by atoms with Crippen LogP contribution in [-0.4, -0.2) is 91.4 Å². The Bertz CT molecular complexity index is 1090. The first-order valence-corrected chi connectivity index (χ1v) is 16.7. The second kappa shape index (κ2) is 23.8. The Hall–Kier alpha value is -3.47. The van der Waals surface area contributed by atoms with Crippen LogP contribution in [0, 0.1) is 0 Å². The number of ether oxygens (including phenoxy) is 3.